The molecule has 0 spiro atoms. The van der Waals surface area contributed by atoms with Gasteiger partial charge >= 0.3 is 0 Å². The highest BCUT2D eigenvalue weighted by Crippen LogP contribution is 2.38. The highest BCUT2D eigenvalue weighted by atomic mass is 16.5. The molecule has 2 aromatic rings. The van der Waals surface area contributed by atoms with Crippen LogP contribution in [0.2, 0.25) is 0 Å². The third-order valence-corrected chi connectivity index (χ3v) is 5.46. The van der Waals surface area contributed by atoms with Crippen molar-refractivity contribution in [3.63, 3.8) is 0 Å². The molecule has 8 nitrogen and oxygen atoms in total. The van der Waals surface area contributed by atoms with E-state index >= 15 is 0 Å². The van der Waals surface area contributed by atoms with Gasteiger partial charge in [0.25, 0.3) is 5.91 Å². The number of hydrogen-bond acceptors (Lipinski definition) is 6. The number of carbonyl (C=O) groups is 2. The molecule has 8 heteroatoms. The van der Waals surface area contributed by atoms with E-state index < -0.39 is 0 Å². The topological polar surface area (TPSA) is 106 Å². The number of nitrogens with one attached hydrogen (secondary N) is 1. The van der Waals surface area contributed by atoms with E-state index in [0.717, 1.165) is 19.4 Å². The second kappa shape index (κ2) is 9.07. The van der Waals surface area contributed by atoms with Crippen LogP contribution >= 0.6 is 0 Å². The van der Waals surface area contributed by atoms with Crippen molar-refractivity contribution in [2.45, 2.75) is 31.7 Å². The maximum atomic E-state index is 12.9. The van der Waals surface area contributed by atoms with Gasteiger partial charge in [-0.3, -0.25) is 14.6 Å². The summed E-state index contributed by atoms with van der Waals surface area (Å²) in [6.45, 7) is 1.07. The van der Waals surface area contributed by atoms with Crippen molar-refractivity contribution in [3.05, 3.63) is 42.0 Å². The lowest BCUT2D eigenvalue weighted by atomic mass is 10.1. The number of carbonyl (C=O) groups excluding carboxylic acids is 2. The summed E-state index contributed by atoms with van der Waals surface area (Å²) >= 11 is 0. The Morgan fingerprint density at radius 2 is 2.06 bits per heavy atom. The van der Waals surface area contributed by atoms with E-state index in [1.54, 1.807) is 36.4 Å². The van der Waals surface area contributed by atoms with E-state index in [1.807, 2.05) is 11.1 Å². The molecule has 2 aliphatic rings. The van der Waals surface area contributed by atoms with Gasteiger partial charge in [0.05, 0.1) is 31.0 Å². The number of ether oxygens (including phenoxy) is 2. The maximum absolute atomic E-state index is 12.9. The van der Waals surface area contributed by atoms with Gasteiger partial charge in [-0.05, 0) is 49.6 Å². The lowest BCUT2D eigenvalue weighted by Crippen LogP contribution is -2.35. The third kappa shape index (κ3) is 4.63. The van der Waals surface area contributed by atoms with Crippen molar-refractivity contribution >= 4 is 35.1 Å². The zero-order valence-corrected chi connectivity index (χ0v) is 17.5. The number of aliphatic imine (C=N–C) groups is 1. The number of nitrogen functional groups attached to an aromatic ring is 1. The fraction of sp³-hybridized carbons (Fsp3) is 0.348. The number of methoxy groups -OCH3 is 1. The molecule has 0 radical (unpaired) electrons. The predicted molar refractivity (Wildman–Crippen MR) is 119 cm³/mol. The summed E-state index contributed by atoms with van der Waals surface area (Å²) in [6.07, 6.45) is 4.60. The van der Waals surface area contributed by atoms with E-state index in [4.69, 9.17) is 15.2 Å². The molecule has 31 heavy (non-hydrogen) atoms. The first-order valence-corrected chi connectivity index (χ1v) is 10.4. The van der Waals surface area contributed by atoms with E-state index in [2.05, 4.69) is 10.3 Å². The summed E-state index contributed by atoms with van der Waals surface area (Å²) in [7, 11) is 1.54. The molecule has 1 saturated heterocycles. The Kier molecular flexibility index (Phi) is 6.06. The zero-order valence-electron chi connectivity index (χ0n) is 17.5. The number of anilines is 2. The minimum absolute atomic E-state index is 0.0285. The molecule has 0 aliphatic carbocycles. The first kappa shape index (κ1) is 20.7. The average molecular weight is 422 g/mol. The second-order valence-corrected chi connectivity index (χ2v) is 7.63. The van der Waals surface area contributed by atoms with Gasteiger partial charge in [-0.2, -0.15) is 0 Å². The Balaban J connectivity index is 1.36. The molecule has 2 aliphatic heterocycles. The summed E-state index contributed by atoms with van der Waals surface area (Å²) in [6, 6.07) is 10.5. The van der Waals surface area contributed by atoms with Crippen LogP contribution in [0.3, 0.4) is 0 Å². The van der Waals surface area contributed by atoms with Crippen molar-refractivity contribution in [2.24, 2.45) is 4.99 Å². The van der Waals surface area contributed by atoms with Crippen LogP contribution in [0.15, 0.2) is 41.4 Å². The van der Waals surface area contributed by atoms with Crippen LogP contribution in [0, 0.1) is 0 Å². The van der Waals surface area contributed by atoms with E-state index in [-0.39, 0.29) is 17.9 Å². The standard InChI is InChI=1S/C23H26N4O4/c1-30-20-12-18-19(25-14-17-4-2-10-27(17)23(18)29)13-21(20)31-11-3-5-22(28)26-16-8-6-15(24)7-9-16/h6-9,12-14,17H,2-5,10-11,24H2,1H3,(H,26,28)/t17-/m0/s1. The number of nitrogens with two attached hydrogens (primary N) is 1. The molecular formula is C23H26N4O4. The molecule has 1 fully saturated rings. The van der Waals surface area contributed by atoms with Gasteiger partial charge in [0.2, 0.25) is 5.91 Å². The number of hydrogen-bond donors (Lipinski definition) is 2. The number of rotatable bonds is 7. The molecule has 0 bridgehead atoms. The highest BCUT2D eigenvalue weighted by Gasteiger charge is 2.32. The number of fused-ring (bicyclic) bond motifs is 2. The van der Waals surface area contributed by atoms with Gasteiger partial charge in [-0.15, -0.1) is 0 Å². The summed E-state index contributed by atoms with van der Waals surface area (Å²) < 4.78 is 11.3. The van der Waals surface area contributed by atoms with Gasteiger partial charge in [0.15, 0.2) is 11.5 Å². The van der Waals surface area contributed by atoms with E-state index in [1.165, 1.54) is 7.11 Å². The van der Waals surface area contributed by atoms with Crippen molar-refractivity contribution in [1.29, 1.82) is 0 Å². The molecule has 2 aromatic carbocycles. The van der Waals surface area contributed by atoms with Crippen molar-refractivity contribution in [3.8, 4) is 11.5 Å². The molecule has 4 rings (SSSR count). The quantitative estimate of drug-likeness (QED) is 0.525. The Bertz CT molecular complexity index is 1000. The lowest BCUT2D eigenvalue weighted by molar-refractivity contribution is -0.116. The van der Waals surface area contributed by atoms with Gasteiger partial charge in [-0.1, -0.05) is 0 Å². The first-order valence-electron chi connectivity index (χ1n) is 10.4. The fourth-order valence-electron chi connectivity index (χ4n) is 3.83. The largest absolute Gasteiger partial charge is 0.493 e. The van der Waals surface area contributed by atoms with Crippen LogP contribution in [0.1, 0.15) is 36.0 Å². The summed E-state index contributed by atoms with van der Waals surface area (Å²) in [5, 5.41) is 2.83. The normalized spacial score (nSPS) is 17.0. The molecule has 1 atom stereocenters. The minimum atomic E-state index is -0.0990. The number of nitrogens with zero attached hydrogens (tertiary/aromatic N) is 2. The van der Waals surface area contributed by atoms with E-state index in [0.29, 0.717) is 53.6 Å². The number of amides is 2. The Hall–Kier alpha value is -3.55. The highest BCUT2D eigenvalue weighted by molar-refractivity contribution is 6.03. The molecule has 0 aromatic heterocycles. The molecule has 162 valence electrons. The maximum Gasteiger partial charge on any atom is 0.256 e. The summed E-state index contributed by atoms with van der Waals surface area (Å²) in [4.78, 5) is 31.4. The van der Waals surface area contributed by atoms with Crippen LogP contribution in [0.25, 0.3) is 0 Å². The number of benzene rings is 2. The van der Waals surface area contributed by atoms with Gasteiger partial charge in [0.1, 0.15) is 0 Å². The Morgan fingerprint density at radius 3 is 2.84 bits per heavy atom. The van der Waals surface area contributed by atoms with E-state index in [9.17, 15) is 9.59 Å². The van der Waals surface area contributed by atoms with Gasteiger partial charge < -0.3 is 25.4 Å². The molecule has 0 saturated carbocycles. The Morgan fingerprint density at radius 1 is 1.26 bits per heavy atom. The van der Waals surface area contributed by atoms with Gasteiger partial charge in [-0.25, -0.2) is 0 Å². The lowest BCUT2D eigenvalue weighted by Gasteiger charge is -2.20. The zero-order chi connectivity index (χ0) is 21.8. The first-order chi connectivity index (χ1) is 15.0. The van der Waals surface area contributed by atoms with Crippen molar-refractivity contribution in [2.75, 3.05) is 31.3 Å². The van der Waals surface area contributed by atoms with Crippen molar-refractivity contribution < 1.29 is 19.1 Å². The smallest absolute Gasteiger partial charge is 0.256 e. The van der Waals surface area contributed by atoms with Crippen LogP contribution in [0.5, 0.6) is 11.5 Å². The van der Waals surface area contributed by atoms with Crippen LogP contribution in [-0.4, -0.2) is 49.2 Å². The molecule has 3 N–H and O–H groups in total. The van der Waals surface area contributed by atoms with Gasteiger partial charge in [0, 0.05) is 36.6 Å². The van der Waals surface area contributed by atoms with Crippen LogP contribution in [-0.2, 0) is 4.79 Å². The predicted octanol–water partition coefficient (Wildman–Crippen LogP) is 3.40. The van der Waals surface area contributed by atoms with Crippen molar-refractivity contribution in [1.82, 2.24) is 4.90 Å². The average Bonchev–Trinajstić information content (AvgIpc) is 3.20. The van der Waals surface area contributed by atoms with Crippen LogP contribution < -0.4 is 20.5 Å². The molecular weight excluding hydrogens is 396 g/mol. The second-order valence-electron chi connectivity index (χ2n) is 7.63. The monoisotopic (exact) mass is 422 g/mol. The summed E-state index contributed by atoms with van der Waals surface area (Å²) in [5.74, 6) is 0.857. The Labute approximate surface area is 181 Å². The fourth-order valence-corrected chi connectivity index (χ4v) is 3.83. The third-order valence-electron chi connectivity index (χ3n) is 5.46. The molecule has 2 heterocycles. The minimum Gasteiger partial charge on any atom is -0.493 e. The molecule has 2 amide bonds. The van der Waals surface area contributed by atoms with Crippen LogP contribution in [0.4, 0.5) is 17.1 Å². The summed E-state index contributed by atoms with van der Waals surface area (Å²) in [5.41, 5.74) is 8.10. The molecule has 0 unspecified atom stereocenters. The SMILES string of the molecule is COc1cc2c(cc1OCCCC(=O)Nc1ccc(N)cc1)N=C[C@@H]1CCCN1C2=O.